The summed E-state index contributed by atoms with van der Waals surface area (Å²) in [5.74, 6) is 0. The third-order valence-electron chi connectivity index (χ3n) is 7.28. The first-order valence-corrected chi connectivity index (χ1v) is 11.4. The van der Waals surface area contributed by atoms with Crippen LogP contribution in [0.15, 0.2) is 53.5 Å². The maximum absolute atomic E-state index is 12.9. The van der Waals surface area contributed by atoms with E-state index >= 15 is 0 Å². The number of halogens is 3. The van der Waals surface area contributed by atoms with Crippen LogP contribution >= 0.6 is 0 Å². The van der Waals surface area contributed by atoms with E-state index in [4.69, 9.17) is 0 Å². The number of hydrogen-bond donors (Lipinski definition) is 1. The SMILES string of the molecule is Cn1c2c(c3ccc(-n4ccc(-c5ccc(C(F)(F)F)nn5)cc4=O)cc31)C1CCC(C2)N1C(=O)O. The largest absolute Gasteiger partial charge is 0.465 e. The van der Waals surface area contributed by atoms with Crippen LogP contribution in [0, 0.1) is 0 Å². The Balaban J connectivity index is 1.38. The van der Waals surface area contributed by atoms with Gasteiger partial charge in [0, 0.05) is 54.0 Å². The molecule has 0 aliphatic carbocycles. The molecule has 36 heavy (non-hydrogen) atoms. The van der Waals surface area contributed by atoms with E-state index in [-0.39, 0.29) is 23.3 Å². The number of aromatic nitrogens is 4. The van der Waals surface area contributed by atoms with E-state index in [9.17, 15) is 27.9 Å². The lowest BCUT2D eigenvalue weighted by molar-refractivity contribution is -0.141. The van der Waals surface area contributed by atoms with Gasteiger partial charge in [0.25, 0.3) is 5.56 Å². The molecule has 2 aliphatic heterocycles. The van der Waals surface area contributed by atoms with Gasteiger partial charge in [-0.25, -0.2) is 4.79 Å². The van der Waals surface area contributed by atoms with Gasteiger partial charge in [-0.05, 0) is 43.2 Å². The van der Waals surface area contributed by atoms with Crippen LogP contribution in [0.3, 0.4) is 0 Å². The van der Waals surface area contributed by atoms with Crippen LogP contribution in [-0.4, -0.2) is 41.5 Å². The first-order valence-electron chi connectivity index (χ1n) is 11.4. The molecule has 2 atom stereocenters. The zero-order valence-corrected chi connectivity index (χ0v) is 19.0. The van der Waals surface area contributed by atoms with Crippen molar-refractivity contribution in [2.24, 2.45) is 7.05 Å². The van der Waals surface area contributed by atoms with Gasteiger partial charge in [-0.15, -0.1) is 10.2 Å². The summed E-state index contributed by atoms with van der Waals surface area (Å²) in [6, 6.07) is 10.4. The molecule has 1 saturated heterocycles. The summed E-state index contributed by atoms with van der Waals surface area (Å²) in [6.45, 7) is 0. The molecule has 5 heterocycles. The Labute approximate surface area is 202 Å². The highest BCUT2D eigenvalue weighted by atomic mass is 19.4. The van der Waals surface area contributed by atoms with Gasteiger partial charge in [0.2, 0.25) is 0 Å². The van der Waals surface area contributed by atoms with Crippen molar-refractivity contribution in [3.63, 3.8) is 0 Å². The number of alkyl halides is 3. The first kappa shape index (κ1) is 22.3. The lowest BCUT2D eigenvalue weighted by Gasteiger charge is -2.33. The summed E-state index contributed by atoms with van der Waals surface area (Å²) in [5.41, 5.74) is 2.74. The van der Waals surface area contributed by atoms with Gasteiger partial charge < -0.3 is 9.67 Å². The minimum absolute atomic E-state index is 0.0223. The lowest BCUT2D eigenvalue weighted by atomic mass is 9.97. The van der Waals surface area contributed by atoms with E-state index in [0.717, 1.165) is 41.1 Å². The number of nitrogens with zero attached hydrogens (tertiary/aromatic N) is 5. The Kier molecular flexibility index (Phi) is 4.76. The van der Waals surface area contributed by atoms with Crippen molar-refractivity contribution >= 4 is 17.0 Å². The summed E-state index contributed by atoms with van der Waals surface area (Å²) < 4.78 is 41.8. The molecule has 2 aliphatic rings. The van der Waals surface area contributed by atoms with Crippen LogP contribution in [-0.2, 0) is 19.6 Å². The lowest BCUT2D eigenvalue weighted by Crippen LogP contribution is -2.41. The van der Waals surface area contributed by atoms with E-state index in [1.165, 1.54) is 16.7 Å². The van der Waals surface area contributed by atoms with E-state index < -0.39 is 18.0 Å². The van der Waals surface area contributed by atoms with Gasteiger partial charge >= 0.3 is 12.3 Å². The van der Waals surface area contributed by atoms with E-state index in [2.05, 4.69) is 14.8 Å². The Bertz CT molecular complexity index is 1590. The number of aryl methyl sites for hydroxylation is 1. The number of benzene rings is 1. The average Bonchev–Trinajstić information content (AvgIpc) is 3.31. The Morgan fingerprint density at radius 2 is 1.89 bits per heavy atom. The fourth-order valence-corrected chi connectivity index (χ4v) is 5.64. The van der Waals surface area contributed by atoms with Crippen molar-refractivity contribution in [3.8, 4) is 16.9 Å². The van der Waals surface area contributed by atoms with Crippen molar-refractivity contribution in [2.75, 3.05) is 0 Å². The van der Waals surface area contributed by atoms with E-state index in [1.807, 2.05) is 25.2 Å². The van der Waals surface area contributed by atoms with Gasteiger partial charge in [-0.3, -0.25) is 14.3 Å². The van der Waals surface area contributed by atoms with Gasteiger partial charge in [0.05, 0.1) is 22.9 Å². The van der Waals surface area contributed by atoms with Crippen LogP contribution in [0.2, 0.25) is 0 Å². The third-order valence-corrected chi connectivity index (χ3v) is 7.28. The minimum atomic E-state index is -4.59. The topological polar surface area (TPSA) is 93.3 Å². The van der Waals surface area contributed by atoms with Gasteiger partial charge in [-0.2, -0.15) is 13.2 Å². The second kappa shape index (κ2) is 7.67. The molecule has 1 fully saturated rings. The van der Waals surface area contributed by atoms with Crippen molar-refractivity contribution < 1.29 is 23.1 Å². The number of pyridine rings is 1. The molecule has 11 heteroatoms. The van der Waals surface area contributed by atoms with E-state index in [0.29, 0.717) is 17.7 Å². The zero-order chi connectivity index (χ0) is 25.4. The molecule has 0 spiro atoms. The van der Waals surface area contributed by atoms with Crippen molar-refractivity contribution in [2.45, 2.75) is 37.5 Å². The Hall–Kier alpha value is -4.15. The number of amides is 1. The number of rotatable bonds is 2. The van der Waals surface area contributed by atoms with Gasteiger partial charge in [0.15, 0.2) is 5.69 Å². The maximum atomic E-state index is 12.9. The molecule has 184 valence electrons. The molecule has 6 rings (SSSR count). The first-order chi connectivity index (χ1) is 17.1. The summed E-state index contributed by atoms with van der Waals surface area (Å²) >= 11 is 0. The molecule has 4 aromatic rings. The maximum Gasteiger partial charge on any atom is 0.435 e. The summed E-state index contributed by atoms with van der Waals surface area (Å²) in [6.07, 6.45) is -1.65. The van der Waals surface area contributed by atoms with Crippen LogP contribution in [0.4, 0.5) is 18.0 Å². The fraction of sp³-hybridized carbons (Fsp3) is 0.280. The van der Waals surface area contributed by atoms with Crippen LogP contribution in [0.1, 0.15) is 35.8 Å². The second-order valence-corrected chi connectivity index (χ2v) is 9.19. The minimum Gasteiger partial charge on any atom is -0.465 e. The summed E-state index contributed by atoms with van der Waals surface area (Å²) in [7, 11) is 1.95. The van der Waals surface area contributed by atoms with E-state index in [1.54, 1.807) is 17.2 Å². The molecule has 2 bridgehead atoms. The fourth-order valence-electron chi connectivity index (χ4n) is 5.64. The number of hydrogen-bond acceptors (Lipinski definition) is 4. The molecule has 0 saturated carbocycles. The monoisotopic (exact) mass is 495 g/mol. The second-order valence-electron chi connectivity index (χ2n) is 9.19. The molecule has 0 radical (unpaired) electrons. The predicted molar refractivity (Wildman–Crippen MR) is 124 cm³/mol. The number of fused-ring (bicyclic) bond motifs is 6. The molecule has 1 amide bonds. The highest BCUT2D eigenvalue weighted by molar-refractivity contribution is 5.89. The summed E-state index contributed by atoms with van der Waals surface area (Å²) in [5, 5.41) is 17.5. The highest BCUT2D eigenvalue weighted by Gasteiger charge is 2.45. The predicted octanol–water partition coefficient (Wildman–Crippen LogP) is 4.54. The quantitative estimate of drug-likeness (QED) is 0.441. The Morgan fingerprint density at radius 1 is 1.08 bits per heavy atom. The van der Waals surface area contributed by atoms with Crippen LogP contribution < -0.4 is 5.56 Å². The smallest absolute Gasteiger partial charge is 0.435 e. The van der Waals surface area contributed by atoms with Crippen molar-refractivity contribution in [3.05, 3.63) is 76.0 Å². The summed E-state index contributed by atoms with van der Waals surface area (Å²) in [4.78, 5) is 26.4. The standard InChI is InChI=1S/C25H20F3N5O3/c1-31-19-11-14(2-4-16(19)23-18-6-3-15(12-20(23)31)33(18)24(35)36)32-9-8-13(10-22(32)34)17-5-7-21(30-29-17)25(26,27)28/h2,4-5,7-11,15,18H,3,6,12H2,1H3,(H,35,36). The zero-order valence-electron chi connectivity index (χ0n) is 19.0. The van der Waals surface area contributed by atoms with Gasteiger partial charge in [0.1, 0.15) is 0 Å². The molecule has 2 unspecified atom stereocenters. The van der Waals surface area contributed by atoms with Crippen LogP contribution in [0.25, 0.3) is 27.8 Å². The van der Waals surface area contributed by atoms with Crippen molar-refractivity contribution in [1.29, 1.82) is 0 Å². The average molecular weight is 495 g/mol. The van der Waals surface area contributed by atoms with Crippen molar-refractivity contribution in [1.82, 2.24) is 24.2 Å². The normalized spacial score (nSPS) is 19.1. The molecule has 1 aromatic carbocycles. The highest BCUT2D eigenvalue weighted by Crippen LogP contribution is 2.47. The number of carbonyl (C=O) groups is 1. The molecule has 3 aromatic heterocycles. The van der Waals surface area contributed by atoms with Gasteiger partial charge in [-0.1, -0.05) is 6.07 Å². The molecular weight excluding hydrogens is 475 g/mol. The van der Waals surface area contributed by atoms with Crippen LogP contribution in [0.5, 0.6) is 0 Å². The molecule has 1 N–H and O–H groups in total. The third kappa shape index (κ3) is 3.29. The molecule has 8 nitrogen and oxygen atoms in total. The molecular formula is C25H20F3N5O3. The number of carboxylic acid groups (broad SMARTS) is 1. The Morgan fingerprint density at radius 3 is 2.56 bits per heavy atom.